The topological polar surface area (TPSA) is 81.5 Å². The lowest BCUT2D eigenvalue weighted by molar-refractivity contribution is -0.140. The first-order valence-electron chi connectivity index (χ1n) is 10.1. The van der Waals surface area contributed by atoms with Gasteiger partial charge in [-0.3, -0.25) is 0 Å². The summed E-state index contributed by atoms with van der Waals surface area (Å²) in [5.41, 5.74) is -0.585. The van der Waals surface area contributed by atoms with E-state index in [1.807, 2.05) is 19.1 Å². The third-order valence-corrected chi connectivity index (χ3v) is 5.74. The molecule has 0 radical (unpaired) electrons. The Labute approximate surface area is 181 Å². The number of aromatic nitrogens is 2. The molecule has 3 aromatic rings. The number of hydrogen-bond donors (Lipinski definition) is 3. The quantitative estimate of drug-likeness (QED) is 0.510. The largest absolute Gasteiger partial charge is 0.508 e. The van der Waals surface area contributed by atoms with E-state index in [2.05, 4.69) is 20.4 Å². The fourth-order valence-electron chi connectivity index (χ4n) is 3.82. The Morgan fingerprint density at radius 3 is 2.56 bits per heavy atom. The molecule has 0 unspecified atom stereocenters. The van der Waals surface area contributed by atoms with Gasteiger partial charge in [0.2, 0.25) is 0 Å². The van der Waals surface area contributed by atoms with E-state index in [0.717, 1.165) is 11.8 Å². The maximum Gasteiger partial charge on any atom is 0.419 e. The van der Waals surface area contributed by atoms with E-state index in [1.165, 1.54) is 6.20 Å². The fraction of sp³-hybridized carbons (Fsp3) is 0.364. The summed E-state index contributed by atoms with van der Waals surface area (Å²) < 4.78 is 53.5. The van der Waals surface area contributed by atoms with Gasteiger partial charge in [-0.15, -0.1) is 0 Å². The number of halogens is 4. The Bertz CT molecular complexity index is 1140. The van der Waals surface area contributed by atoms with Gasteiger partial charge in [-0.2, -0.15) is 23.4 Å². The lowest BCUT2D eigenvalue weighted by Gasteiger charge is -2.37. The minimum absolute atomic E-state index is 0.291. The molecule has 4 rings (SSSR count). The van der Waals surface area contributed by atoms with Crippen LogP contribution in [0.5, 0.6) is 5.75 Å². The van der Waals surface area contributed by atoms with E-state index in [1.54, 1.807) is 6.07 Å². The molecule has 1 saturated heterocycles. The van der Waals surface area contributed by atoms with E-state index in [9.17, 15) is 27.8 Å². The van der Waals surface area contributed by atoms with Crippen LogP contribution in [0, 0.1) is 5.82 Å². The average molecular weight is 450 g/mol. The normalized spacial score (nSPS) is 16.4. The monoisotopic (exact) mass is 450 g/mol. The highest BCUT2D eigenvalue weighted by atomic mass is 19.4. The number of benzene rings is 2. The molecule has 0 saturated carbocycles. The van der Waals surface area contributed by atoms with Crippen molar-refractivity contribution >= 4 is 22.3 Å². The Morgan fingerprint density at radius 1 is 1.16 bits per heavy atom. The SMILES string of the molecule is CC1(O)CCN(c2ccc3nncc(NCc4cc(O)cc(C(F)(F)F)c4F)c3c2)CC1. The zero-order valence-electron chi connectivity index (χ0n) is 17.2. The van der Waals surface area contributed by atoms with Crippen molar-refractivity contribution in [3.8, 4) is 5.75 Å². The fourth-order valence-corrected chi connectivity index (χ4v) is 3.82. The van der Waals surface area contributed by atoms with Crippen molar-refractivity contribution in [3.05, 3.63) is 53.5 Å². The first kappa shape index (κ1) is 22.1. The predicted octanol–water partition coefficient (Wildman–Crippen LogP) is 4.46. The first-order valence-corrected chi connectivity index (χ1v) is 10.1. The number of aromatic hydroxyl groups is 1. The second-order valence-electron chi connectivity index (χ2n) is 8.26. The third kappa shape index (κ3) is 4.55. The number of rotatable bonds is 4. The van der Waals surface area contributed by atoms with E-state index in [0.29, 0.717) is 48.6 Å². The third-order valence-electron chi connectivity index (χ3n) is 5.74. The summed E-state index contributed by atoms with van der Waals surface area (Å²) in [5.74, 6) is -2.10. The molecule has 10 heteroatoms. The van der Waals surface area contributed by atoms with Crippen molar-refractivity contribution in [2.45, 2.75) is 38.1 Å². The summed E-state index contributed by atoms with van der Waals surface area (Å²) in [7, 11) is 0. The first-order chi connectivity index (χ1) is 15.0. The number of alkyl halides is 3. The number of fused-ring (bicyclic) bond motifs is 1. The molecular formula is C22H22F4N4O2. The van der Waals surface area contributed by atoms with E-state index in [-0.39, 0.29) is 12.1 Å². The minimum atomic E-state index is -4.92. The van der Waals surface area contributed by atoms with Crippen molar-refractivity contribution in [1.82, 2.24) is 10.2 Å². The van der Waals surface area contributed by atoms with Crippen LogP contribution in [-0.2, 0) is 12.7 Å². The molecule has 3 N–H and O–H groups in total. The predicted molar refractivity (Wildman–Crippen MR) is 112 cm³/mol. The number of anilines is 2. The van der Waals surface area contributed by atoms with Gasteiger partial charge in [-0.25, -0.2) is 4.39 Å². The molecule has 6 nitrogen and oxygen atoms in total. The van der Waals surface area contributed by atoms with Crippen molar-refractivity contribution in [1.29, 1.82) is 0 Å². The zero-order chi connectivity index (χ0) is 23.1. The second-order valence-corrected chi connectivity index (χ2v) is 8.26. The number of piperidine rings is 1. The molecular weight excluding hydrogens is 428 g/mol. The van der Waals surface area contributed by atoms with Crippen molar-refractivity contribution in [3.63, 3.8) is 0 Å². The van der Waals surface area contributed by atoms with Crippen molar-refractivity contribution in [2.75, 3.05) is 23.3 Å². The van der Waals surface area contributed by atoms with Gasteiger partial charge in [0.15, 0.2) is 0 Å². The molecule has 1 fully saturated rings. The van der Waals surface area contributed by atoms with Gasteiger partial charge in [-0.1, -0.05) is 0 Å². The minimum Gasteiger partial charge on any atom is -0.508 e. The lowest BCUT2D eigenvalue weighted by atomic mass is 9.93. The summed E-state index contributed by atoms with van der Waals surface area (Å²) >= 11 is 0. The van der Waals surface area contributed by atoms with Gasteiger partial charge in [0, 0.05) is 36.3 Å². The van der Waals surface area contributed by atoms with Crippen LogP contribution in [-0.4, -0.2) is 39.1 Å². The molecule has 2 heterocycles. The van der Waals surface area contributed by atoms with Crippen LogP contribution in [0.1, 0.15) is 30.9 Å². The molecule has 0 aliphatic carbocycles. The van der Waals surface area contributed by atoms with E-state index >= 15 is 0 Å². The van der Waals surface area contributed by atoms with E-state index < -0.39 is 28.9 Å². The number of phenolic OH excluding ortho intramolecular Hbond substituents is 1. The van der Waals surface area contributed by atoms with Crippen LogP contribution in [0.3, 0.4) is 0 Å². The molecule has 0 spiro atoms. The molecule has 32 heavy (non-hydrogen) atoms. The number of aliphatic hydroxyl groups is 1. The highest BCUT2D eigenvalue weighted by molar-refractivity contribution is 5.92. The second kappa shape index (κ2) is 8.09. The number of hydrogen-bond acceptors (Lipinski definition) is 6. The summed E-state index contributed by atoms with van der Waals surface area (Å²) in [5, 5.41) is 31.4. The molecule has 0 amide bonds. The average Bonchev–Trinajstić information content (AvgIpc) is 2.73. The van der Waals surface area contributed by atoms with E-state index in [4.69, 9.17) is 0 Å². The molecule has 1 aliphatic rings. The maximum atomic E-state index is 14.4. The maximum absolute atomic E-state index is 14.4. The highest BCUT2D eigenvalue weighted by Gasteiger charge is 2.35. The highest BCUT2D eigenvalue weighted by Crippen LogP contribution is 2.36. The Kier molecular flexibility index (Phi) is 5.58. The van der Waals surface area contributed by atoms with Gasteiger partial charge >= 0.3 is 6.18 Å². The standard InChI is InChI=1S/C22H22F4N4O2/c1-21(32)4-6-30(7-5-21)14-2-3-18-16(9-14)19(12-28-29-18)27-11-13-8-15(31)10-17(20(13)23)22(24,25)26/h2-3,8-10,12,31-32H,4-7,11H2,1H3,(H,27,29). The van der Waals surface area contributed by atoms with Crippen LogP contribution in [0.25, 0.3) is 10.9 Å². The lowest BCUT2D eigenvalue weighted by Crippen LogP contribution is -2.42. The van der Waals surface area contributed by atoms with Gasteiger partial charge in [-0.05, 0) is 50.1 Å². The van der Waals surface area contributed by atoms with Crippen LogP contribution >= 0.6 is 0 Å². The summed E-state index contributed by atoms with van der Waals surface area (Å²) in [6.07, 6.45) is -2.25. The number of nitrogens with zero attached hydrogens (tertiary/aromatic N) is 3. The summed E-state index contributed by atoms with van der Waals surface area (Å²) in [6.45, 7) is 2.87. The van der Waals surface area contributed by atoms with Crippen LogP contribution in [0.4, 0.5) is 28.9 Å². The van der Waals surface area contributed by atoms with Crippen LogP contribution in [0.15, 0.2) is 36.5 Å². The van der Waals surface area contributed by atoms with Crippen LogP contribution < -0.4 is 10.2 Å². The summed E-state index contributed by atoms with van der Waals surface area (Å²) in [4.78, 5) is 2.13. The number of nitrogens with one attached hydrogen (secondary N) is 1. The molecule has 1 aromatic heterocycles. The Balaban J connectivity index is 1.61. The number of phenols is 1. The van der Waals surface area contributed by atoms with Crippen molar-refractivity contribution in [2.24, 2.45) is 0 Å². The smallest absolute Gasteiger partial charge is 0.419 e. The zero-order valence-corrected chi connectivity index (χ0v) is 17.2. The molecule has 2 aromatic carbocycles. The molecule has 170 valence electrons. The Hall–Kier alpha value is -3.14. The Morgan fingerprint density at radius 2 is 1.88 bits per heavy atom. The summed E-state index contributed by atoms with van der Waals surface area (Å²) in [6, 6.07) is 6.88. The molecule has 0 bridgehead atoms. The van der Waals surface area contributed by atoms with Crippen molar-refractivity contribution < 1.29 is 27.8 Å². The van der Waals surface area contributed by atoms with Gasteiger partial charge < -0.3 is 20.4 Å². The molecule has 1 aliphatic heterocycles. The van der Waals surface area contributed by atoms with Gasteiger partial charge in [0.1, 0.15) is 11.6 Å². The van der Waals surface area contributed by atoms with Crippen LogP contribution in [0.2, 0.25) is 0 Å². The van der Waals surface area contributed by atoms with Gasteiger partial charge in [0.25, 0.3) is 0 Å². The van der Waals surface area contributed by atoms with Gasteiger partial charge in [0.05, 0.1) is 28.6 Å². The molecule has 0 atom stereocenters.